The van der Waals surface area contributed by atoms with Crippen LogP contribution in [0.25, 0.3) is 0 Å². The van der Waals surface area contributed by atoms with Crippen LogP contribution >= 0.6 is 0 Å². The van der Waals surface area contributed by atoms with Gasteiger partial charge in [-0.2, -0.15) is 0 Å². The fraction of sp³-hybridized carbons (Fsp3) is 0.444. The van der Waals surface area contributed by atoms with Crippen LogP contribution in [-0.4, -0.2) is 41.8 Å². The van der Waals surface area contributed by atoms with Crippen molar-refractivity contribution in [1.29, 1.82) is 0 Å². The number of nitrogens with one attached hydrogen (secondary N) is 2. The molecular formula is C18H22N2O6. The molecule has 1 aliphatic rings. The van der Waals surface area contributed by atoms with E-state index in [0.717, 1.165) is 6.42 Å². The number of carbonyl (C=O) groups is 4. The minimum Gasteiger partial charge on any atom is -0.482 e. The number of amides is 2. The number of aliphatic carboxylic acids is 1. The standard InChI is InChI=1S/C18H22N2O6/c21-14(6-8-16(22)19-9-3-1-2-4-18(24)25)12-5-7-15-13(10-12)20-17(23)11-26-15/h5,7,10H,1-4,6,8-9,11H2,(H,19,22)(H,20,23)(H,24,25). The quantitative estimate of drug-likeness (QED) is 0.430. The highest BCUT2D eigenvalue weighted by atomic mass is 16.5. The summed E-state index contributed by atoms with van der Waals surface area (Å²) in [4.78, 5) is 45.7. The first-order valence-corrected chi connectivity index (χ1v) is 8.54. The fourth-order valence-electron chi connectivity index (χ4n) is 2.52. The highest BCUT2D eigenvalue weighted by Gasteiger charge is 2.18. The maximum Gasteiger partial charge on any atom is 0.303 e. The number of hydrogen-bond donors (Lipinski definition) is 3. The van der Waals surface area contributed by atoms with Gasteiger partial charge in [-0.3, -0.25) is 19.2 Å². The molecule has 2 amide bonds. The average molecular weight is 362 g/mol. The summed E-state index contributed by atoms with van der Waals surface area (Å²) in [6.45, 7) is 0.422. The van der Waals surface area contributed by atoms with Crippen LogP contribution in [0.1, 0.15) is 48.9 Å². The van der Waals surface area contributed by atoms with Gasteiger partial charge < -0.3 is 20.5 Å². The Morgan fingerprint density at radius 2 is 1.92 bits per heavy atom. The molecule has 26 heavy (non-hydrogen) atoms. The number of benzene rings is 1. The zero-order chi connectivity index (χ0) is 18.9. The van der Waals surface area contributed by atoms with Crippen molar-refractivity contribution in [1.82, 2.24) is 5.32 Å². The molecule has 0 bridgehead atoms. The first-order valence-electron chi connectivity index (χ1n) is 8.54. The Bertz CT molecular complexity index is 701. The Balaban J connectivity index is 1.69. The molecule has 0 aliphatic carbocycles. The molecule has 3 N–H and O–H groups in total. The smallest absolute Gasteiger partial charge is 0.303 e. The Labute approximate surface area is 150 Å². The van der Waals surface area contributed by atoms with Crippen LogP contribution in [0, 0.1) is 0 Å². The Morgan fingerprint density at radius 3 is 2.69 bits per heavy atom. The molecule has 8 heteroatoms. The number of fused-ring (bicyclic) bond motifs is 1. The van der Waals surface area contributed by atoms with Crippen molar-refractivity contribution in [2.24, 2.45) is 0 Å². The van der Waals surface area contributed by atoms with Gasteiger partial charge in [0.15, 0.2) is 12.4 Å². The van der Waals surface area contributed by atoms with E-state index < -0.39 is 5.97 Å². The summed E-state index contributed by atoms with van der Waals surface area (Å²) in [5, 5.41) is 13.9. The van der Waals surface area contributed by atoms with E-state index in [4.69, 9.17) is 9.84 Å². The van der Waals surface area contributed by atoms with Crippen LogP contribution in [0.5, 0.6) is 5.75 Å². The van der Waals surface area contributed by atoms with Gasteiger partial charge in [-0.15, -0.1) is 0 Å². The molecule has 2 rings (SSSR count). The van der Waals surface area contributed by atoms with Gasteiger partial charge in [-0.25, -0.2) is 0 Å². The lowest BCUT2D eigenvalue weighted by Crippen LogP contribution is -2.26. The number of anilines is 1. The van der Waals surface area contributed by atoms with Crippen molar-refractivity contribution in [3.63, 3.8) is 0 Å². The maximum absolute atomic E-state index is 12.2. The molecule has 0 unspecified atom stereocenters. The molecule has 1 aromatic rings. The normalized spacial score (nSPS) is 12.5. The monoisotopic (exact) mass is 362 g/mol. The van der Waals surface area contributed by atoms with E-state index in [-0.39, 0.29) is 43.5 Å². The lowest BCUT2D eigenvalue weighted by molar-refractivity contribution is -0.137. The summed E-state index contributed by atoms with van der Waals surface area (Å²) in [6, 6.07) is 4.79. The van der Waals surface area contributed by atoms with Crippen molar-refractivity contribution in [2.45, 2.75) is 38.5 Å². The molecule has 0 radical (unpaired) electrons. The number of Topliss-reactive ketones (excluding diaryl/α,β-unsaturated/α-hetero) is 1. The predicted molar refractivity (Wildman–Crippen MR) is 93.2 cm³/mol. The van der Waals surface area contributed by atoms with Gasteiger partial charge >= 0.3 is 5.97 Å². The summed E-state index contributed by atoms with van der Waals surface area (Å²) in [6.07, 6.45) is 2.30. The number of hydrogen-bond acceptors (Lipinski definition) is 5. The number of carbonyl (C=O) groups excluding carboxylic acids is 3. The Morgan fingerprint density at radius 1 is 1.12 bits per heavy atom. The minimum absolute atomic E-state index is 0.0449. The molecule has 1 aromatic carbocycles. The first kappa shape index (κ1) is 19.4. The van der Waals surface area contributed by atoms with E-state index in [1.54, 1.807) is 18.2 Å². The fourth-order valence-corrected chi connectivity index (χ4v) is 2.52. The molecule has 140 valence electrons. The highest BCUT2D eigenvalue weighted by molar-refractivity contribution is 6.01. The van der Waals surface area contributed by atoms with Crippen LogP contribution in [0.4, 0.5) is 5.69 Å². The van der Waals surface area contributed by atoms with Gasteiger partial charge in [0, 0.05) is 31.4 Å². The number of ketones is 1. The number of unbranched alkanes of at least 4 members (excludes halogenated alkanes) is 2. The molecule has 1 aliphatic heterocycles. The van der Waals surface area contributed by atoms with E-state index >= 15 is 0 Å². The van der Waals surface area contributed by atoms with Gasteiger partial charge in [0.1, 0.15) is 5.75 Å². The molecule has 0 saturated carbocycles. The van der Waals surface area contributed by atoms with Crippen LogP contribution in [0.15, 0.2) is 18.2 Å². The van der Waals surface area contributed by atoms with Crippen molar-refractivity contribution in [3.05, 3.63) is 23.8 Å². The molecule has 1 heterocycles. The van der Waals surface area contributed by atoms with E-state index in [1.807, 2.05) is 0 Å². The number of ether oxygens (including phenoxy) is 1. The largest absolute Gasteiger partial charge is 0.482 e. The summed E-state index contributed by atoms with van der Waals surface area (Å²) in [5.41, 5.74) is 0.869. The zero-order valence-corrected chi connectivity index (χ0v) is 14.4. The molecule has 8 nitrogen and oxygen atoms in total. The van der Waals surface area contributed by atoms with Crippen molar-refractivity contribution >= 4 is 29.3 Å². The van der Waals surface area contributed by atoms with Crippen LogP contribution in [0.2, 0.25) is 0 Å². The van der Waals surface area contributed by atoms with Gasteiger partial charge in [0.25, 0.3) is 5.91 Å². The SMILES string of the molecule is O=C(O)CCCCCNC(=O)CCC(=O)c1ccc2c(c1)NC(=O)CO2. The van der Waals surface area contributed by atoms with Crippen LogP contribution < -0.4 is 15.4 Å². The van der Waals surface area contributed by atoms with Crippen LogP contribution in [-0.2, 0) is 14.4 Å². The summed E-state index contributed by atoms with van der Waals surface area (Å²) >= 11 is 0. The number of carboxylic acid groups (broad SMARTS) is 1. The van der Waals surface area contributed by atoms with E-state index in [0.29, 0.717) is 36.4 Å². The Kier molecular flexibility index (Phi) is 7.13. The average Bonchev–Trinajstić information content (AvgIpc) is 2.61. The van der Waals surface area contributed by atoms with Gasteiger partial charge in [0.2, 0.25) is 5.91 Å². The minimum atomic E-state index is -0.819. The summed E-state index contributed by atoms with van der Waals surface area (Å²) < 4.78 is 5.23. The van der Waals surface area contributed by atoms with Gasteiger partial charge in [-0.05, 0) is 31.0 Å². The van der Waals surface area contributed by atoms with E-state index in [2.05, 4.69) is 10.6 Å². The number of carboxylic acids is 1. The van der Waals surface area contributed by atoms with Crippen molar-refractivity contribution in [2.75, 3.05) is 18.5 Å². The van der Waals surface area contributed by atoms with Crippen molar-refractivity contribution in [3.8, 4) is 5.75 Å². The van der Waals surface area contributed by atoms with E-state index in [1.165, 1.54) is 0 Å². The van der Waals surface area contributed by atoms with Crippen molar-refractivity contribution < 1.29 is 29.0 Å². The second-order valence-electron chi connectivity index (χ2n) is 6.03. The third-order valence-corrected chi connectivity index (χ3v) is 3.90. The lowest BCUT2D eigenvalue weighted by atomic mass is 10.0. The number of rotatable bonds is 10. The molecular weight excluding hydrogens is 340 g/mol. The third-order valence-electron chi connectivity index (χ3n) is 3.90. The molecule has 0 saturated heterocycles. The lowest BCUT2D eigenvalue weighted by Gasteiger charge is -2.18. The molecule has 0 aromatic heterocycles. The molecule has 0 spiro atoms. The first-order chi connectivity index (χ1) is 12.5. The molecule has 0 atom stereocenters. The van der Waals surface area contributed by atoms with Gasteiger partial charge in [-0.1, -0.05) is 6.42 Å². The second-order valence-corrected chi connectivity index (χ2v) is 6.03. The summed E-state index contributed by atoms with van der Waals surface area (Å²) in [7, 11) is 0. The second kappa shape index (κ2) is 9.55. The third kappa shape index (κ3) is 6.19. The maximum atomic E-state index is 12.2. The predicted octanol–water partition coefficient (Wildman–Crippen LogP) is 1.74. The van der Waals surface area contributed by atoms with Gasteiger partial charge in [0.05, 0.1) is 5.69 Å². The van der Waals surface area contributed by atoms with Crippen LogP contribution in [0.3, 0.4) is 0 Å². The Hall–Kier alpha value is -2.90. The zero-order valence-electron chi connectivity index (χ0n) is 14.4. The highest BCUT2D eigenvalue weighted by Crippen LogP contribution is 2.28. The summed E-state index contributed by atoms with van der Waals surface area (Å²) in [5.74, 6) is -0.983. The topological polar surface area (TPSA) is 122 Å². The van der Waals surface area contributed by atoms with E-state index in [9.17, 15) is 19.2 Å². The molecule has 0 fully saturated rings.